The van der Waals surface area contributed by atoms with Crippen LogP contribution in [0.2, 0.25) is 0 Å². The van der Waals surface area contributed by atoms with Gasteiger partial charge in [-0.1, -0.05) is 36.4 Å². The van der Waals surface area contributed by atoms with Crippen LogP contribution < -0.4 is 9.47 Å². The molecule has 0 saturated carbocycles. The molecule has 2 aromatic rings. The molecular formula is C20H16O5. The summed E-state index contributed by atoms with van der Waals surface area (Å²) in [5.74, 6) is 0.399. The third-order valence-corrected chi connectivity index (χ3v) is 3.55. The lowest BCUT2D eigenvalue weighted by atomic mass is 10.1. The topological polar surface area (TPSA) is 61.8 Å². The average Bonchev–Trinajstić information content (AvgIpc) is 2.97. The van der Waals surface area contributed by atoms with Crippen molar-refractivity contribution < 1.29 is 23.8 Å². The average molecular weight is 336 g/mol. The molecular weight excluding hydrogens is 320 g/mol. The summed E-state index contributed by atoms with van der Waals surface area (Å²) in [6.07, 6.45) is 3.39. The molecule has 25 heavy (non-hydrogen) atoms. The van der Waals surface area contributed by atoms with Gasteiger partial charge in [0.05, 0.1) is 12.7 Å². The predicted molar refractivity (Wildman–Crippen MR) is 92.8 cm³/mol. The number of hydrogen-bond acceptors (Lipinski definition) is 5. The van der Waals surface area contributed by atoms with Gasteiger partial charge in [-0.15, -0.1) is 0 Å². The number of esters is 2. The van der Waals surface area contributed by atoms with Crippen molar-refractivity contribution in [2.24, 2.45) is 0 Å². The number of benzene rings is 2. The molecule has 0 N–H and O–H groups in total. The number of carbonyl (C=O) groups is 2. The number of ether oxygens (including phenoxy) is 3. The lowest BCUT2D eigenvalue weighted by molar-refractivity contribution is -0.132. The summed E-state index contributed by atoms with van der Waals surface area (Å²) in [4.78, 5) is 23.2. The van der Waals surface area contributed by atoms with Gasteiger partial charge in [0.15, 0.2) is 11.5 Å². The normalized spacial score (nSPS) is 14.9. The minimum atomic E-state index is -0.431. The Hall–Kier alpha value is -3.34. The SMILES string of the molecule is COc1cc(C=C2C=C(c3ccccc3)OC2=O)ccc1OC(C)=O. The Labute approximate surface area is 145 Å². The number of cyclic esters (lactones) is 1. The van der Waals surface area contributed by atoms with Crippen LogP contribution in [-0.4, -0.2) is 19.0 Å². The van der Waals surface area contributed by atoms with Crippen LogP contribution in [0.4, 0.5) is 0 Å². The van der Waals surface area contributed by atoms with Crippen molar-refractivity contribution in [2.75, 3.05) is 7.11 Å². The van der Waals surface area contributed by atoms with Gasteiger partial charge < -0.3 is 14.2 Å². The Morgan fingerprint density at radius 1 is 1.08 bits per heavy atom. The van der Waals surface area contributed by atoms with Crippen molar-refractivity contribution in [1.82, 2.24) is 0 Å². The maximum absolute atomic E-state index is 12.1. The molecule has 126 valence electrons. The third-order valence-electron chi connectivity index (χ3n) is 3.55. The first-order valence-corrected chi connectivity index (χ1v) is 7.64. The van der Waals surface area contributed by atoms with Gasteiger partial charge in [-0.3, -0.25) is 4.79 Å². The van der Waals surface area contributed by atoms with E-state index < -0.39 is 11.9 Å². The Balaban J connectivity index is 1.91. The molecule has 3 rings (SSSR count). The van der Waals surface area contributed by atoms with Gasteiger partial charge >= 0.3 is 11.9 Å². The Morgan fingerprint density at radius 3 is 2.52 bits per heavy atom. The van der Waals surface area contributed by atoms with Gasteiger partial charge in [0.2, 0.25) is 0 Å². The van der Waals surface area contributed by atoms with E-state index in [1.165, 1.54) is 14.0 Å². The van der Waals surface area contributed by atoms with E-state index in [0.29, 0.717) is 22.8 Å². The molecule has 0 aliphatic carbocycles. The molecule has 5 nitrogen and oxygen atoms in total. The fourth-order valence-electron chi connectivity index (χ4n) is 2.43. The molecule has 1 aliphatic heterocycles. The lowest BCUT2D eigenvalue weighted by Crippen LogP contribution is -2.03. The zero-order valence-corrected chi connectivity index (χ0v) is 13.8. The molecule has 0 atom stereocenters. The summed E-state index contributed by atoms with van der Waals surface area (Å²) in [7, 11) is 1.48. The highest BCUT2D eigenvalue weighted by Gasteiger charge is 2.22. The van der Waals surface area contributed by atoms with Crippen molar-refractivity contribution in [3.8, 4) is 11.5 Å². The molecule has 0 unspecified atom stereocenters. The fraction of sp³-hybridized carbons (Fsp3) is 0.100. The molecule has 0 aromatic heterocycles. The van der Waals surface area contributed by atoms with Gasteiger partial charge in [-0.25, -0.2) is 4.79 Å². The van der Waals surface area contributed by atoms with Crippen LogP contribution in [0.3, 0.4) is 0 Å². The van der Waals surface area contributed by atoms with Gasteiger partial charge in [0.25, 0.3) is 0 Å². The molecule has 2 aromatic carbocycles. The highest BCUT2D eigenvalue weighted by Crippen LogP contribution is 2.31. The molecule has 1 aliphatic rings. The molecule has 5 heteroatoms. The van der Waals surface area contributed by atoms with Gasteiger partial charge in [-0.2, -0.15) is 0 Å². The first-order chi connectivity index (χ1) is 12.1. The smallest absolute Gasteiger partial charge is 0.343 e. The molecule has 0 amide bonds. The summed E-state index contributed by atoms with van der Waals surface area (Å²) < 4.78 is 15.6. The number of carbonyl (C=O) groups excluding carboxylic acids is 2. The number of hydrogen-bond donors (Lipinski definition) is 0. The van der Waals surface area contributed by atoms with E-state index >= 15 is 0 Å². The first-order valence-electron chi connectivity index (χ1n) is 7.64. The monoisotopic (exact) mass is 336 g/mol. The van der Waals surface area contributed by atoms with E-state index in [4.69, 9.17) is 14.2 Å². The third kappa shape index (κ3) is 3.77. The summed E-state index contributed by atoms with van der Waals surface area (Å²) >= 11 is 0. The van der Waals surface area contributed by atoms with E-state index in [0.717, 1.165) is 11.1 Å². The van der Waals surface area contributed by atoms with Gasteiger partial charge in [0, 0.05) is 12.5 Å². The molecule has 0 saturated heterocycles. The lowest BCUT2D eigenvalue weighted by Gasteiger charge is -2.08. The van der Waals surface area contributed by atoms with Crippen molar-refractivity contribution in [2.45, 2.75) is 6.92 Å². The number of rotatable bonds is 4. The highest BCUT2D eigenvalue weighted by atomic mass is 16.6. The highest BCUT2D eigenvalue weighted by molar-refractivity contribution is 6.05. The second-order valence-electron chi connectivity index (χ2n) is 5.37. The maximum atomic E-state index is 12.1. The molecule has 0 bridgehead atoms. The van der Waals surface area contributed by atoms with Crippen molar-refractivity contribution in [1.29, 1.82) is 0 Å². The van der Waals surface area contributed by atoms with Crippen LogP contribution in [0.15, 0.2) is 60.2 Å². The molecule has 0 spiro atoms. The van der Waals surface area contributed by atoms with Crippen LogP contribution in [0, 0.1) is 0 Å². The Bertz CT molecular complexity index is 878. The van der Waals surface area contributed by atoms with Crippen LogP contribution >= 0.6 is 0 Å². The second-order valence-corrected chi connectivity index (χ2v) is 5.37. The van der Waals surface area contributed by atoms with Crippen LogP contribution in [0.5, 0.6) is 11.5 Å². The van der Waals surface area contributed by atoms with Crippen molar-refractivity contribution in [3.63, 3.8) is 0 Å². The maximum Gasteiger partial charge on any atom is 0.343 e. The van der Waals surface area contributed by atoms with E-state index in [1.807, 2.05) is 30.3 Å². The first kappa shape index (κ1) is 16.5. The van der Waals surface area contributed by atoms with Gasteiger partial charge in [0.1, 0.15) is 5.76 Å². The summed E-state index contributed by atoms with van der Waals surface area (Å²) in [5, 5.41) is 0. The Kier molecular flexibility index (Phi) is 4.66. The van der Waals surface area contributed by atoms with Crippen molar-refractivity contribution in [3.05, 3.63) is 71.3 Å². The predicted octanol–water partition coefficient (Wildman–Crippen LogP) is 3.60. The van der Waals surface area contributed by atoms with Crippen LogP contribution in [0.1, 0.15) is 18.1 Å². The summed E-state index contributed by atoms with van der Waals surface area (Å²) in [6.45, 7) is 1.32. The summed E-state index contributed by atoms with van der Waals surface area (Å²) in [6, 6.07) is 14.4. The largest absolute Gasteiger partial charge is 0.493 e. The second kappa shape index (κ2) is 7.05. The minimum Gasteiger partial charge on any atom is -0.493 e. The fourth-order valence-corrected chi connectivity index (χ4v) is 2.43. The summed E-state index contributed by atoms with van der Waals surface area (Å²) in [5.41, 5.74) is 1.99. The zero-order chi connectivity index (χ0) is 17.8. The van der Waals surface area contributed by atoms with Crippen LogP contribution in [-0.2, 0) is 14.3 Å². The zero-order valence-electron chi connectivity index (χ0n) is 13.8. The van der Waals surface area contributed by atoms with E-state index in [-0.39, 0.29) is 0 Å². The Morgan fingerprint density at radius 2 is 1.84 bits per heavy atom. The number of methoxy groups -OCH3 is 1. The van der Waals surface area contributed by atoms with E-state index in [2.05, 4.69) is 0 Å². The standard InChI is InChI=1S/C20H16O5/c1-13(21)24-17-9-8-14(11-19(17)23-2)10-16-12-18(25-20(16)22)15-6-4-3-5-7-15/h3-12H,1-2H3. The minimum absolute atomic E-state index is 0.326. The van der Waals surface area contributed by atoms with Crippen LogP contribution in [0.25, 0.3) is 11.8 Å². The molecule has 0 fully saturated rings. The van der Waals surface area contributed by atoms with E-state index in [1.54, 1.807) is 30.4 Å². The molecule has 0 radical (unpaired) electrons. The quantitative estimate of drug-likeness (QED) is 0.485. The molecule has 1 heterocycles. The van der Waals surface area contributed by atoms with Gasteiger partial charge in [-0.05, 0) is 29.8 Å². The van der Waals surface area contributed by atoms with E-state index in [9.17, 15) is 9.59 Å². The van der Waals surface area contributed by atoms with Crippen molar-refractivity contribution >= 4 is 23.8 Å².